The van der Waals surface area contributed by atoms with E-state index in [4.69, 9.17) is 23.2 Å². The number of hydrogen-bond acceptors (Lipinski definition) is 4. The van der Waals surface area contributed by atoms with Gasteiger partial charge in [0, 0.05) is 17.1 Å². The van der Waals surface area contributed by atoms with Gasteiger partial charge in [0.1, 0.15) is 12.6 Å². The van der Waals surface area contributed by atoms with Crippen LogP contribution in [0.5, 0.6) is 0 Å². The smallest absolute Gasteiger partial charge is 0.264 e. The molecule has 224 valence electrons. The lowest BCUT2D eigenvalue weighted by Crippen LogP contribution is -2.53. The van der Waals surface area contributed by atoms with Gasteiger partial charge in [-0.2, -0.15) is 0 Å². The van der Waals surface area contributed by atoms with Gasteiger partial charge in [-0.15, -0.1) is 0 Å². The summed E-state index contributed by atoms with van der Waals surface area (Å²) in [7, 11) is -4.20. The molecule has 3 aromatic rings. The van der Waals surface area contributed by atoms with Crippen molar-refractivity contribution in [3.05, 3.63) is 92.4 Å². The topological polar surface area (TPSA) is 86.8 Å². The molecule has 4 rings (SSSR count). The molecule has 11 heteroatoms. The van der Waals surface area contributed by atoms with E-state index < -0.39 is 28.5 Å². The van der Waals surface area contributed by atoms with Gasteiger partial charge in [-0.3, -0.25) is 13.9 Å². The van der Waals surface area contributed by atoms with Crippen molar-refractivity contribution in [3.8, 4) is 0 Å². The van der Waals surface area contributed by atoms with Gasteiger partial charge in [0.05, 0.1) is 20.6 Å². The molecule has 0 spiro atoms. The molecule has 0 radical (unpaired) electrons. The van der Waals surface area contributed by atoms with Crippen LogP contribution in [0.4, 0.5) is 5.69 Å². The van der Waals surface area contributed by atoms with Gasteiger partial charge in [-0.25, -0.2) is 8.42 Å². The molecule has 0 bridgehead atoms. The van der Waals surface area contributed by atoms with Crippen LogP contribution in [0.3, 0.4) is 0 Å². The molecule has 2 amide bonds. The normalized spacial score (nSPS) is 14.7. The van der Waals surface area contributed by atoms with Gasteiger partial charge >= 0.3 is 0 Å². The largest absolute Gasteiger partial charge is 0.352 e. The molecule has 3 aromatic carbocycles. The minimum absolute atomic E-state index is 0.0219. The Morgan fingerprint density at radius 2 is 1.67 bits per heavy atom. The summed E-state index contributed by atoms with van der Waals surface area (Å²) in [6, 6.07) is 17.4. The third kappa shape index (κ3) is 8.07. The monoisotopic (exact) mass is 693 g/mol. The van der Waals surface area contributed by atoms with Crippen LogP contribution in [0.25, 0.3) is 0 Å². The number of aryl methyl sites for hydroxylation is 1. The molecule has 0 saturated heterocycles. The van der Waals surface area contributed by atoms with E-state index in [2.05, 4.69) is 21.2 Å². The lowest BCUT2D eigenvalue weighted by atomic mass is 9.95. The van der Waals surface area contributed by atoms with Gasteiger partial charge in [-0.1, -0.05) is 88.2 Å². The summed E-state index contributed by atoms with van der Waals surface area (Å²) >= 11 is 15.9. The molecule has 7 nitrogen and oxygen atoms in total. The first-order valence-electron chi connectivity index (χ1n) is 13.8. The Balaban J connectivity index is 1.69. The minimum Gasteiger partial charge on any atom is -0.352 e. The zero-order valence-corrected chi connectivity index (χ0v) is 27.4. The lowest BCUT2D eigenvalue weighted by Gasteiger charge is -2.33. The number of amides is 2. The Morgan fingerprint density at radius 3 is 2.31 bits per heavy atom. The predicted octanol–water partition coefficient (Wildman–Crippen LogP) is 7.13. The number of carbonyl (C=O) groups is 2. The van der Waals surface area contributed by atoms with Crippen molar-refractivity contribution < 1.29 is 18.0 Å². The molecule has 0 heterocycles. The van der Waals surface area contributed by atoms with Gasteiger partial charge in [0.15, 0.2) is 0 Å². The van der Waals surface area contributed by atoms with Crippen molar-refractivity contribution in [2.45, 2.75) is 69.5 Å². The van der Waals surface area contributed by atoms with Crippen LogP contribution < -0.4 is 9.62 Å². The third-order valence-corrected chi connectivity index (χ3v) is 10.5. The van der Waals surface area contributed by atoms with Crippen LogP contribution in [0.2, 0.25) is 10.0 Å². The van der Waals surface area contributed by atoms with Crippen molar-refractivity contribution in [2.75, 3.05) is 10.8 Å². The second-order valence-corrected chi connectivity index (χ2v) is 14.2. The molecular weight excluding hydrogens is 661 g/mol. The summed E-state index contributed by atoms with van der Waals surface area (Å²) in [6.07, 6.45) is 5.05. The van der Waals surface area contributed by atoms with Crippen molar-refractivity contribution in [1.29, 1.82) is 0 Å². The highest BCUT2D eigenvalue weighted by Gasteiger charge is 2.33. The number of benzene rings is 3. The van der Waals surface area contributed by atoms with E-state index in [0.717, 1.165) is 52.0 Å². The van der Waals surface area contributed by atoms with Crippen LogP contribution in [0, 0.1) is 6.92 Å². The van der Waals surface area contributed by atoms with Crippen molar-refractivity contribution >= 4 is 66.7 Å². The van der Waals surface area contributed by atoms with Crippen LogP contribution in [-0.4, -0.2) is 43.8 Å². The van der Waals surface area contributed by atoms with E-state index in [0.29, 0.717) is 0 Å². The summed E-state index contributed by atoms with van der Waals surface area (Å²) in [6.45, 7) is 3.09. The van der Waals surface area contributed by atoms with E-state index in [1.165, 1.54) is 35.2 Å². The van der Waals surface area contributed by atoms with Gasteiger partial charge in [0.25, 0.3) is 10.0 Å². The summed E-state index contributed by atoms with van der Waals surface area (Å²) in [5.41, 5.74) is 1.86. The average Bonchev–Trinajstić information content (AvgIpc) is 2.96. The number of nitrogens with zero attached hydrogens (tertiary/aromatic N) is 2. The van der Waals surface area contributed by atoms with Crippen LogP contribution >= 0.6 is 39.1 Å². The number of sulfonamides is 1. The minimum atomic E-state index is -4.20. The van der Waals surface area contributed by atoms with E-state index in [1.54, 1.807) is 19.1 Å². The van der Waals surface area contributed by atoms with Gasteiger partial charge < -0.3 is 10.2 Å². The Bertz CT molecular complexity index is 1530. The van der Waals surface area contributed by atoms with E-state index >= 15 is 0 Å². The first kappa shape index (κ1) is 32.3. The zero-order chi connectivity index (χ0) is 30.4. The molecule has 1 aliphatic rings. The van der Waals surface area contributed by atoms with Crippen LogP contribution in [-0.2, 0) is 26.2 Å². The van der Waals surface area contributed by atoms with Crippen LogP contribution in [0.15, 0.2) is 76.1 Å². The average molecular weight is 696 g/mol. The van der Waals surface area contributed by atoms with Crippen LogP contribution in [0.1, 0.15) is 50.2 Å². The van der Waals surface area contributed by atoms with Crippen molar-refractivity contribution in [1.82, 2.24) is 10.2 Å². The maximum absolute atomic E-state index is 14.1. The standard InChI is InChI=1S/C31H34BrCl2N3O4S/c1-21-11-14-27(15-12-21)42(40,41)37(26-13-16-28(33)29(34)18-26)20-30(38)36(19-23-7-6-8-24(32)17-23)22(2)31(39)35-25-9-4-3-5-10-25/h6-8,11-18,22,25H,3-5,9-10,19-20H2,1-2H3,(H,35,39)/t22-/m1/s1. The Kier molecular flexibility index (Phi) is 11.0. The number of hydrogen-bond donors (Lipinski definition) is 1. The molecule has 0 aromatic heterocycles. The van der Waals surface area contributed by atoms with Crippen molar-refractivity contribution in [2.24, 2.45) is 0 Å². The number of anilines is 1. The van der Waals surface area contributed by atoms with Crippen molar-refractivity contribution in [3.63, 3.8) is 0 Å². The molecule has 42 heavy (non-hydrogen) atoms. The third-order valence-electron chi connectivity index (χ3n) is 7.44. The Morgan fingerprint density at radius 1 is 0.976 bits per heavy atom. The second kappa shape index (κ2) is 14.3. The molecular formula is C31H34BrCl2N3O4S. The summed E-state index contributed by atoms with van der Waals surface area (Å²) in [4.78, 5) is 29.0. The van der Waals surface area contributed by atoms with E-state index in [9.17, 15) is 18.0 Å². The lowest BCUT2D eigenvalue weighted by molar-refractivity contribution is -0.139. The first-order chi connectivity index (χ1) is 20.0. The molecule has 1 N–H and O–H groups in total. The highest BCUT2D eigenvalue weighted by molar-refractivity contribution is 9.10. The molecule has 0 aliphatic heterocycles. The number of carbonyl (C=O) groups excluding carboxylic acids is 2. The fourth-order valence-electron chi connectivity index (χ4n) is 4.99. The SMILES string of the molecule is Cc1ccc(S(=O)(=O)N(CC(=O)N(Cc2cccc(Br)c2)[C@H](C)C(=O)NC2CCCCC2)c2ccc(Cl)c(Cl)c2)cc1. The van der Waals surface area contributed by atoms with E-state index in [-0.39, 0.29) is 39.1 Å². The van der Waals surface area contributed by atoms with Gasteiger partial charge in [0.2, 0.25) is 11.8 Å². The first-order valence-corrected chi connectivity index (χ1v) is 16.8. The fraction of sp³-hybridized carbons (Fsp3) is 0.355. The Hall–Kier alpha value is -2.59. The Labute approximate surface area is 266 Å². The maximum atomic E-state index is 14.1. The summed E-state index contributed by atoms with van der Waals surface area (Å²) < 4.78 is 29.8. The molecule has 0 unspecified atom stereocenters. The highest BCUT2D eigenvalue weighted by atomic mass is 79.9. The molecule has 1 aliphatic carbocycles. The maximum Gasteiger partial charge on any atom is 0.264 e. The van der Waals surface area contributed by atoms with Gasteiger partial charge in [-0.05, 0) is 74.7 Å². The van der Waals surface area contributed by atoms with E-state index in [1.807, 2.05) is 31.2 Å². The zero-order valence-electron chi connectivity index (χ0n) is 23.5. The number of halogens is 3. The quantitative estimate of drug-likeness (QED) is 0.245. The fourth-order valence-corrected chi connectivity index (χ4v) is 7.13. The predicted molar refractivity (Wildman–Crippen MR) is 171 cm³/mol. The molecule has 1 fully saturated rings. The highest BCUT2D eigenvalue weighted by Crippen LogP contribution is 2.31. The number of nitrogens with one attached hydrogen (secondary N) is 1. The number of rotatable bonds is 10. The molecule has 1 saturated carbocycles. The summed E-state index contributed by atoms with van der Waals surface area (Å²) in [5, 5.41) is 3.51. The second-order valence-electron chi connectivity index (χ2n) is 10.6. The molecule has 1 atom stereocenters. The summed E-state index contributed by atoms with van der Waals surface area (Å²) in [5.74, 6) is -0.809.